The van der Waals surface area contributed by atoms with Crippen molar-refractivity contribution in [3.63, 3.8) is 0 Å². The molecule has 1 unspecified atom stereocenters. The topological polar surface area (TPSA) is 79.5 Å². The van der Waals surface area contributed by atoms with E-state index in [1.54, 1.807) is 24.3 Å². The molecule has 0 aliphatic heterocycles. The van der Waals surface area contributed by atoms with Gasteiger partial charge in [0.25, 0.3) is 0 Å². The van der Waals surface area contributed by atoms with Gasteiger partial charge in [0.05, 0.1) is 12.7 Å². The molecule has 0 bridgehead atoms. The van der Waals surface area contributed by atoms with Gasteiger partial charge in [-0.1, -0.05) is 106 Å². The molecule has 0 heterocycles. The van der Waals surface area contributed by atoms with Gasteiger partial charge in [0, 0.05) is 12.1 Å². The molecule has 0 radical (unpaired) electrons. The molecule has 1 aromatic rings. The highest BCUT2D eigenvalue weighted by Crippen LogP contribution is 2.29. The van der Waals surface area contributed by atoms with Crippen molar-refractivity contribution in [2.75, 3.05) is 12.4 Å². The van der Waals surface area contributed by atoms with E-state index >= 15 is 0 Å². The van der Waals surface area contributed by atoms with Crippen molar-refractivity contribution in [2.24, 2.45) is 0 Å². The molecule has 35 heavy (non-hydrogen) atoms. The Morgan fingerprint density at radius 3 is 1.89 bits per heavy atom. The zero-order valence-electron chi connectivity index (χ0n) is 20.6. The van der Waals surface area contributed by atoms with Gasteiger partial charge < -0.3 is 20.7 Å². The number of ether oxygens (including phenoxy) is 1. The third-order valence-electron chi connectivity index (χ3n) is 5.48. The summed E-state index contributed by atoms with van der Waals surface area (Å²) in [6.07, 6.45) is 12.6. The van der Waals surface area contributed by atoms with Crippen molar-refractivity contribution in [2.45, 2.75) is 93.9 Å². The van der Waals surface area contributed by atoms with Crippen LogP contribution in [0.5, 0.6) is 0 Å². The van der Waals surface area contributed by atoms with Gasteiger partial charge in [-0.15, -0.1) is 0 Å². The van der Waals surface area contributed by atoms with Crippen LogP contribution >= 0.6 is 47.0 Å². The zero-order valence-corrected chi connectivity index (χ0v) is 23.7. The average Bonchev–Trinajstić information content (AvgIpc) is 2.81. The van der Waals surface area contributed by atoms with Gasteiger partial charge in [0.15, 0.2) is 5.11 Å². The molecule has 0 aromatic heterocycles. The normalized spacial score (nSPS) is 12.0. The smallest absolute Gasteiger partial charge is 0.337 e. The minimum Gasteiger partial charge on any atom is -0.465 e. The Labute approximate surface area is 230 Å². The summed E-state index contributed by atoms with van der Waals surface area (Å²) < 4.78 is 2.86. The quantitative estimate of drug-likeness (QED) is 0.0642. The van der Waals surface area contributed by atoms with Gasteiger partial charge in [-0.05, 0) is 42.9 Å². The van der Waals surface area contributed by atoms with Gasteiger partial charge in [-0.2, -0.15) is 0 Å². The van der Waals surface area contributed by atoms with Crippen molar-refractivity contribution >= 4 is 69.7 Å². The number of methoxy groups -OCH3 is 1. The number of benzene rings is 1. The van der Waals surface area contributed by atoms with Gasteiger partial charge >= 0.3 is 5.97 Å². The van der Waals surface area contributed by atoms with E-state index in [2.05, 4.69) is 27.6 Å². The lowest BCUT2D eigenvalue weighted by atomic mass is 10.1. The van der Waals surface area contributed by atoms with Crippen LogP contribution in [0.2, 0.25) is 0 Å². The van der Waals surface area contributed by atoms with Crippen molar-refractivity contribution in [3.05, 3.63) is 29.8 Å². The summed E-state index contributed by atoms with van der Waals surface area (Å²) in [5.41, 5.74) is 1.02. The standard InChI is InChI=1S/C25H38Cl3N3O3S/c1-3-4-5-6-7-8-9-10-11-12-13-14-21(32)30-23(25(26,27)28)31-24(35)29-20-17-15-19(16-18-20)22(33)34-2/h15-18,23H,3-14H2,1-2H3,(H,30,32)(H2,29,31,35). The lowest BCUT2D eigenvalue weighted by Crippen LogP contribution is -2.56. The molecule has 0 spiro atoms. The maximum atomic E-state index is 12.4. The summed E-state index contributed by atoms with van der Waals surface area (Å²) in [6.45, 7) is 2.23. The van der Waals surface area contributed by atoms with Crippen molar-refractivity contribution in [1.29, 1.82) is 0 Å². The number of hydrogen-bond acceptors (Lipinski definition) is 4. The fourth-order valence-corrected chi connectivity index (χ4v) is 4.05. The highest BCUT2D eigenvalue weighted by Gasteiger charge is 2.34. The van der Waals surface area contributed by atoms with E-state index in [1.807, 2.05) is 0 Å². The van der Waals surface area contributed by atoms with Crippen LogP contribution in [0.4, 0.5) is 5.69 Å². The fraction of sp³-hybridized carbons (Fsp3) is 0.640. The third-order valence-corrected chi connectivity index (χ3v) is 6.35. The molecular formula is C25H38Cl3N3O3S. The largest absolute Gasteiger partial charge is 0.465 e. The molecule has 0 aliphatic carbocycles. The summed E-state index contributed by atoms with van der Waals surface area (Å²) in [7, 11) is 1.32. The zero-order chi connectivity index (χ0) is 26.1. The first-order chi connectivity index (χ1) is 16.7. The molecule has 1 amide bonds. The van der Waals surface area contributed by atoms with Gasteiger partial charge in [-0.3, -0.25) is 4.79 Å². The number of hydrogen-bond donors (Lipinski definition) is 3. The number of rotatable bonds is 16. The second-order valence-electron chi connectivity index (χ2n) is 8.50. The molecule has 6 nitrogen and oxygen atoms in total. The number of alkyl halides is 3. The summed E-state index contributed by atoms with van der Waals surface area (Å²) in [4.78, 5) is 23.9. The van der Waals surface area contributed by atoms with Crippen LogP contribution in [0, 0.1) is 0 Å². The van der Waals surface area contributed by atoms with E-state index < -0.39 is 15.9 Å². The van der Waals surface area contributed by atoms with Crippen molar-refractivity contribution < 1.29 is 14.3 Å². The molecule has 0 saturated heterocycles. The molecule has 10 heteroatoms. The van der Waals surface area contributed by atoms with Crippen molar-refractivity contribution in [3.8, 4) is 0 Å². The number of carbonyl (C=O) groups excluding carboxylic acids is 2. The molecule has 1 rings (SSSR count). The number of thiocarbonyl (C=S) groups is 1. The highest BCUT2D eigenvalue weighted by molar-refractivity contribution is 7.80. The minimum atomic E-state index is -1.81. The number of nitrogens with one attached hydrogen (secondary N) is 3. The Balaban J connectivity index is 2.33. The van der Waals surface area contributed by atoms with Gasteiger partial charge in [-0.25, -0.2) is 4.79 Å². The summed E-state index contributed by atoms with van der Waals surface area (Å²) in [6, 6.07) is 6.52. The van der Waals surface area contributed by atoms with Crippen LogP contribution in [-0.4, -0.2) is 34.1 Å². The summed E-state index contributed by atoms with van der Waals surface area (Å²) >= 11 is 23.4. The van der Waals surface area contributed by atoms with Crippen molar-refractivity contribution in [1.82, 2.24) is 10.6 Å². The first-order valence-corrected chi connectivity index (χ1v) is 13.8. The molecule has 0 saturated carbocycles. The van der Waals surface area contributed by atoms with Crippen LogP contribution in [-0.2, 0) is 9.53 Å². The Bertz CT molecular complexity index is 773. The SMILES string of the molecule is CCCCCCCCCCCCCC(=O)NC(NC(=S)Nc1ccc(C(=O)OC)cc1)C(Cl)(Cl)Cl. The first kappa shape index (κ1) is 31.7. The number of anilines is 1. The molecule has 3 N–H and O–H groups in total. The monoisotopic (exact) mass is 565 g/mol. The second kappa shape index (κ2) is 18.0. The van der Waals surface area contributed by atoms with Crippen LogP contribution in [0.15, 0.2) is 24.3 Å². The Morgan fingerprint density at radius 1 is 0.886 bits per heavy atom. The number of unbranched alkanes of at least 4 members (excludes halogenated alkanes) is 10. The predicted molar refractivity (Wildman–Crippen MR) is 150 cm³/mol. The van der Waals surface area contributed by atoms with Crippen LogP contribution in [0.1, 0.15) is 94.3 Å². The van der Waals surface area contributed by atoms with E-state index in [4.69, 9.17) is 47.0 Å². The molecule has 1 atom stereocenters. The molecule has 0 fully saturated rings. The lowest BCUT2D eigenvalue weighted by Gasteiger charge is -2.27. The van der Waals surface area contributed by atoms with Crippen LogP contribution in [0.3, 0.4) is 0 Å². The van der Waals surface area contributed by atoms with E-state index in [0.717, 1.165) is 19.3 Å². The van der Waals surface area contributed by atoms with E-state index in [1.165, 1.54) is 58.5 Å². The molecule has 0 aliphatic rings. The van der Waals surface area contributed by atoms with E-state index in [-0.39, 0.29) is 11.0 Å². The Morgan fingerprint density at radius 2 is 1.40 bits per heavy atom. The minimum absolute atomic E-state index is 0.155. The highest BCUT2D eigenvalue weighted by atomic mass is 35.6. The summed E-state index contributed by atoms with van der Waals surface area (Å²) in [5, 5.41) is 8.62. The number of amides is 1. The number of halogens is 3. The third kappa shape index (κ3) is 14.8. The van der Waals surface area contributed by atoms with Crippen LogP contribution in [0.25, 0.3) is 0 Å². The Kier molecular flexibility index (Phi) is 16.4. The fourth-order valence-electron chi connectivity index (χ4n) is 3.49. The lowest BCUT2D eigenvalue weighted by molar-refractivity contribution is -0.122. The van der Waals surface area contributed by atoms with E-state index in [0.29, 0.717) is 17.7 Å². The molecular weight excluding hydrogens is 529 g/mol. The summed E-state index contributed by atoms with van der Waals surface area (Å²) in [5.74, 6) is -0.649. The molecule has 198 valence electrons. The Hall–Kier alpha value is -1.28. The molecule has 1 aromatic carbocycles. The second-order valence-corrected chi connectivity index (χ2v) is 11.3. The number of esters is 1. The predicted octanol–water partition coefficient (Wildman–Crippen LogP) is 7.27. The first-order valence-electron chi connectivity index (χ1n) is 12.3. The van der Waals surface area contributed by atoms with Crippen LogP contribution < -0.4 is 16.0 Å². The van der Waals surface area contributed by atoms with Gasteiger partial charge in [0.2, 0.25) is 9.70 Å². The van der Waals surface area contributed by atoms with Gasteiger partial charge in [0.1, 0.15) is 6.17 Å². The number of carbonyl (C=O) groups is 2. The maximum Gasteiger partial charge on any atom is 0.337 e. The maximum absolute atomic E-state index is 12.4. The van der Waals surface area contributed by atoms with E-state index in [9.17, 15) is 9.59 Å². The average molecular weight is 567 g/mol.